The van der Waals surface area contributed by atoms with Crippen LogP contribution in [0.25, 0.3) is 0 Å². The van der Waals surface area contributed by atoms with Crippen LogP contribution < -0.4 is 5.32 Å². The van der Waals surface area contributed by atoms with Gasteiger partial charge in [-0.2, -0.15) is 0 Å². The molecule has 182 valence electrons. The number of carbonyl (C=O) groups excluding carboxylic acids is 2. The summed E-state index contributed by atoms with van der Waals surface area (Å²) < 4.78 is 30.3. The van der Waals surface area contributed by atoms with Crippen molar-refractivity contribution in [3.8, 4) is 0 Å². The first kappa shape index (κ1) is 25.6. The summed E-state index contributed by atoms with van der Waals surface area (Å²) in [5, 5.41) is 4.95. The molecule has 1 N–H and O–H groups in total. The van der Waals surface area contributed by atoms with Crippen molar-refractivity contribution >= 4 is 38.2 Å². The molecule has 0 radical (unpaired) electrons. The third-order valence-electron chi connectivity index (χ3n) is 4.94. The van der Waals surface area contributed by atoms with Gasteiger partial charge in [0.05, 0.1) is 23.6 Å². The predicted octanol–water partition coefficient (Wildman–Crippen LogP) is 3.95. The predicted molar refractivity (Wildman–Crippen MR) is 132 cm³/mol. The number of nitrogens with zero attached hydrogens (tertiary/aromatic N) is 2. The molecule has 0 aliphatic rings. The van der Waals surface area contributed by atoms with Crippen molar-refractivity contribution in [2.75, 3.05) is 18.2 Å². The first-order valence-electron chi connectivity index (χ1n) is 10.9. The van der Waals surface area contributed by atoms with E-state index in [1.807, 2.05) is 16.8 Å². The Bertz CT molecular complexity index is 1260. The summed E-state index contributed by atoms with van der Waals surface area (Å²) >= 11 is 1.25. The normalized spacial score (nSPS) is 11.6. The number of sulfone groups is 1. The maximum absolute atomic E-state index is 13.1. The molecule has 1 amide bonds. The van der Waals surface area contributed by atoms with Crippen LogP contribution in [0.15, 0.2) is 46.8 Å². The van der Waals surface area contributed by atoms with Crippen LogP contribution in [0, 0.1) is 5.92 Å². The molecule has 8 nitrogen and oxygen atoms in total. The van der Waals surface area contributed by atoms with Gasteiger partial charge in [-0.15, -0.1) is 11.3 Å². The average Bonchev–Trinajstić information content (AvgIpc) is 3.34. The maximum atomic E-state index is 13.1. The molecule has 0 saturated carbocycles. The number of rotatable bonds is 10. The molecule has 0 spiro atoms. The quantitative estimate of drug-likeness (QED) is 0.420. The Morgan fingerprint density at radius 3 is 2.50 bits per heavy atom. The van der Waals surface area contributed by atoms with Crippen LogP contribution in [-0.4, -0.2) is 42.7 Å². The lowest BCUT2D eigenvalue weighted by Crippen LogP contribution is -2.17. The second-order valence-electron chi connectivity index (χ2n) is 8.46. The number of benzene rings is 1. The molecule has 1 aromatic carbocycles. The van der Waals surface area contributed by atoms with Crippen LogP contribution in [0.3, 0.4) is 0 Å². The van der Waals surface area contributed by atoms with E-state index >= 15 is 0 Å². The van der Waals surface area contributed by atoms with E-state index in [1.165, 1.54) is 17.6 Å². The molecule has 0 fully saturated rings. The first-order chi connectivity index (χ1) is 16.0. The highest BCUT2D eigenvalue weighted by Gasteiger charge is 2.17. The zero-order valence-electron chi connectivity index (χ0n) is 19.7. The molecule has 2 aromatic heterocycles. The van der Waals surface area contributed by atoms with Crippen LogP contribution in [0.4, 0.5) is 5.13 Å². The molecular weight excluding hydrogens is 474 g/mol. The van der Waals surface area contributed by atoms with Gasteiger partial charge in [0.15, 0.2) is 15.0 Å². The van der Waals surface area contributed by atoms with Gasteiger partial charge in [-0.25, -0.2) is 13.4 Å². The van der Waals surface area contributed by atoms with Gasteiger partial charge in [0.2, 0.25) is 0 Å². The highest BCUT2D eigenvalue weighted by Crippen LogP contribution is 2.21. The van der Waals surface area contributed by atoms with Crippen molar-refractivity contribution < 1.29 is 22.7 Å². The highest BCUT2D eigenvalue weighted by atomic mass is 32.2. The fourth-order valence-corrected chi connectivity index (χ4v) is 4.82. The Morgan fingerprint density at radius 2 is 1.88 bits per heavy atom. The Balaban J connectivity index is 1.80. The van der Waals surface area contributed by atoms with Gasteiger partial charge in [-0.1, -0.05) is 26.0 Å². The van der Waals surface area contributed by atoms with Gasteiger partial charge >= 0.3 is 5.97 Å². The van der Waals surface area contributed by atoms with Gasteiger partial charge in [-0.3, -0.25) is 14.9 Å². The van der Waals surface area contributed by atoms with Crippen molar-refractivity contribution in [1.82, 2.24) is 9.55 Å². The highest BCUT2D eigenvalue weighted by molar-refractivity contribution is 7.90. The van der Waals surface area contributed by atoms with Crippen molar-refractivity contribution in [2.24, 2.45) is 5.92 Å². The molecule has 34 heavy (non-hydrogen) atoms. The van der Waals surface area contributed by atoms with E-state index in [2.05, 4.69) is 24.1 Å². The van der Waals surface area contributed by atoms with E-state index in [4.69, 9.17) is 4.74 Å². The minimum Gasteiger partial charge on any atom is -0.466 e. The summed E-state index contributed by atoms with van der Waals surface area (Å²) in [4.78, 5) is 29.3. The fraction of sp³-hybridized carbons (Fsp3) is 0.375. The van der Waals surface area contributed by atoms with Gasteiger partial charge in [-0.05, 0) is 48.6 Å². The van der Waals surface area contributed by atoms with Crippen LogP contribution in [0.2, 0.25) is 0 Å². The first-order valence-corrected chi connectivity index (χ1v) is 13.7. The number of ether oxygens (including phenoxy) is 1. The van der Waals surface area contributed by atoms with Gasteiger partial charge in [0.25, 0.3) is 5.91 Å². The number of carbonyl (C=O) groups is 2. The zero-order valence-corrected chi connectivity index (χ0v) is 21.3. The number of aromatic nitrogens is 2. The number of esters is 1. The van der Waals surface area contributed by atoms with Crippen LogP contribution in [-0.2, 0) is 38.8 Å². The number of nitrogens with one attached hydrogen (secondary N) is 1. The summed E-state index contributed by atoms with van der Waals surface area (Å²) in [5.41, 5.74) is 2.93. The summed E-state index contributed by atoms with van der Waals surface area (Å²) in [7, 11) is -3.27. The van der Waals surface area contributed by atoms with Crippen molar-refractivity contribution in [1.29, 1.82) is 0 Å². The lowest BCUT2D eigenvalue weighted by molar-refractivity contribution is -0.142. The smallest absolute Gasteiger partial charge is 0.311 e. The summed E-state index contributed by atoms with van der Waals surface area (Å²) in [5.74, 6) is -0.246. The van der Waals surface area contributed by atoms with Gasteiger partial charge in [0, 0.05) is 24.4 Å². The zero-order chi connectivity index (χ0) is 24.9. The molecule has 0 bridgehead atoms. The van der Waals surface area contributed by atoms with Crippen LogP contribution >= 0.6 is 11.3 Å². The Morgan fingerprint density at radius 1 is 1.18 bits per heavy atom. The van der Waals surface area contributed by atoms with Crippen molar-refractivity contribution in [2.45, 2.75) is 45.1 Å². The van der Waals surface area contributed by atoms with E-state index in [-0.39, 0.29) is 23.2 Å². The van der Waals surface area contributed by atoms with E-state index < -0.39 is 9.84 Å². The Hall–Kier alpha value is -2.98. The monoisotopic (exact) mass is 503 g/mol. The van der Waals surface area contributed by atoms with E-state index in [1.54, 1.807) is 36.6 Å². The van der Waals surface area contributed by atoms with E-state index in [0.717, 1.165) is 17.5 Å². The lowest BCUT2D eigenvalue weighted by Gasteiger charge is -2.09. The Labute approximate surface area is 203 Å². The third kappa shape index (κ3) is 7.01. The minimum atomic E-state index is -3.27. The summed E-state index contributed by atoms with van der Waals surface area (Å²) in [6, 6.07) is 8.52. The molecule has 0 atom stereocenters. The summed E-state index contributed by atoms with van der Waals surface area (Å²) in [6.45, 7) is 6.69. The number of anilines is 1. The largest absolute Gasteiger partial charge is 0.466 e. The molecule has 3 rings (SSSR count). The fourth-order valence-electron chi connectivity index (χ4n) is 3.48. The molecule has 0 unspecified atom stereocenters. The van der Waals surface area contributed by atoms with Crippen molar-refractivity contribution in [3.63, 3.8) is 0 Å². The number of hydrogen-bond donors (Lipinski definition) is 1. The minimum absolute atomic E-state index is 0.0542. The van der Waals surface area contributed by atoms with Gasteiger partial charge < -0.3 is 9.30 Å². The molecule has 10 heteroatoms. The van der Waals surface area contributed by atoms with Crippen LogP contribution in [0.1, 0.15) is 48.1 Å². The van der Waals surface area contributed by atoms with E-state index in [9.17, 15) is 18.0 Å². The topological polar surface area (TPSA) is 107 Å². The number of hydrogen-bond acceptors (Lipinski definition) is 7. The van der Waals surface area contributed by atoms with Gasteiger partial charge in [0.1, 0.15) is 5.69 Å². The van der Waals surface area contributed by atoms with Crippen molar-refractivity contribution in [3.05, 3.63) is 64.4 Å². The molecule has 0 aliphatic heterocycles. The summed E-state index contributed by atoms with van der Waals surface area (Å²) in [6.07, 6.45) is 4.00. The number of amides is 1. The standard InChI is InChI=1S/C24H29N3O5S2/c1-5-32-22(28)12-19-15-33-24(25-19)26-23(29)21-11-18(10-16(2)3)14-27(21)13-17-6-8-20(9-7-17)34(4,30)31/h6-9,11,14-16H,5,10,12-13H2,1-4H3,(H,25,26,29). The SMILES string of the molecule is CCOC(=O)Cc1csc(NC(=O)c2cc(CC(C)C)cn2Cc2ccc(S(C)(=O)=O)cc2)n1. The number of thiazole rings is 1. The van der Waals surface area contributed by atoms with E-state index in [0.29, 0.717) is 35.6 Å². The van der Waals surface area contributed by atoms with Crippen LogP contribution in [0.5, 0.6) is 0 Å². The molecule has 0 saturated heterocycles. The molecule has 3 aromatic rings. The second kappa shape index (κ2) is 11.0. The third-order valence-corrected chi connectivity index (χ3v) is 6.87. The second-order valence-corrected chi connectivity index (χ2v) is 11.3. The lowest BCUT2D eigenvalue weighted by atomic mass is 10.1. The molecular formula is C24H29N3O5S2. The average molecular weight is 504 g/mol. The Kier molecular flexibility index (Phi) is 8.27. The molecule has 2 heterocycles. The molecule has 0 aliphatic carbocycles. The maximum Gasteiger partial charge on any atom is 0.311 e.